The molecule has 0 N–H and O–H groups in total. The van der Waals surface area contributed by atoms with E-state index in [0.717, 1.165) is 83.8 Å². The summed E-state index contributed by atoms with van der Waals surface area (Å²) in [5.74, 6) is 0.675. The van der Waals surface area contributed by atoms with E-state index in [4.69, 9.17) is 38.9 Å². The van der Waals surface area contributed by atoms with E-state index in [2.05, 4.69) is 132 Å². The number of non-ortho nitro benzene ring substituents is 2. The normalized spacial score (nSPS) is 13.2. The Hall–Kier alpha value is -4.24. The molecule has 1 aliphatic rings. The summed E-state index contributed by atoms with van der Waals surface area (Å²) < 4.78 is 38.4. The summed E-state index contributed by atoms with van der Waals surface area (Å²) in [7, 11) is -4.59. The summed E-state index contributed by atoms with van der Waals surface area (Å²) in [6, 6.07) is 30.4. The molecule has 1 fully saturated rings. The topological polar surface area (TPSA) is 204 Å². The molecule has 0 amide bonds. The summed E-state index contributed by atoms with van der Waals surface area (Å²) in [6.07, 6.45) is 2.56. The number of nitro groups is 2. The molecule has 0 bridgehead atoms. The second-order valence-electron chi connectivity index (χ2n) is 27.2. The number of nitro benzene ring substituents is 2. The van der Waals surface area contributed by atoms with E-state index in [0.29, 0.717) is 57.0 Å². The predicted molar refractivity (Wildman–Crippen MR) is 363 cm³/mol. The monoisotopic (exact) mass is 1440 g/mol. The van der Waals surface area contributed by atoms with Gasteiger partial charge in [-0.2, -0.15) is 5.10 Å². The van der Waals surface area contributed by atoms with Crippen molar-refractivity contribution < 1.29 is 33.5 Å². The largest absolute Gasteiger partial charge is 0.361 e. The number of halogens is 1. The summed E-state index contributed by atoms with van der Waals surface area (Å²) in [4.78, 5) is 38.2. The Morgan fingerprint density at radius 3 is 1.38 bits per heavy atom. The van der Waals surface area contributed by atoms with Crippen molar-refractivity contribution >= 4 is 132 Å². The zero-order chi connectivity index (χ0) is 61.6. The van der Waals surface area contributed by atoms with Crippen LogP contribution in [0.4, 0.5) is 11.4 Å². The second-order valence-corrected chi connectivity index (χ2v) is 64.9. The molecule has 25 heteroatoms. The molecular formula is C59H91IN10O9Si4Sn. The van der Waals surface area contributed by atoms with E-state index >= 15 is 0 Å². The van der Waals surface area contributed by atoms with Crippen molar-refractivity contribution in [3.63, 3.8) is 0 Å². The minimum absolute atomic E-state index is 0.0190. The molecule has 0 saturated carbocycles. The van der Waals surface area contributed by atoms with Crippen molar-refractivity contribution in [2.24, 2.45) is 0 Å². The number of para-hydroxylation sites is 4. The Bertz CT molecular complexity index is 3440. The van der Waals surface area contributed by atoms with Crippen molar-refractivity contribution in [2.45, 2.75) is 157 Å². The maximum Gasteiger partial charge on any atom is 0.271 e. The fourth-order valence-electron chi connectivity index (χ4n) is 8.66. The smallest absolute Gasteiger partial charge is 0.271 e. The van der Waals surface area contributed by atoms with E-state index in [1.54, 1.807) is 33.6 Å². The van der Waals surface area contributed by atoms with E-state index in [1.165, 1.54) is 25.0 Å². The molecule has 9 rings (SSSR count). The maximum atomic E-state index is 11.5. The van der Waals surface area contributed by atoms with Gasteiger partial charge in [-0.25, -0.2) is 14.6 Å². The molecular weight excluding hydrogens is 1350 g/mol. The van der Waals surface area contributed by atoms with Crippen LogP contribution in [0.1, 0.15) is 12.8 Å². The first-order valence-corrected chi connectivity index (χ1v) is 55.0. The Morgan fingerprint density at radius 1 is 0.536 bits per heavy atom. The summed E-state index contributed by atoms with van der Waals surface area (Å²) in [6.45, 7) is 34.3. The van der Waals surface area contributed by atoms with Crippen LogP contribution in [-0.2, 0) is 50.6 Å². The molecule has 0 unspecified atom stereocenters. The Morgan fingerprint density at radius 2 is 0.940 bits per heavy atom. The van der Waals surface area contributed by atoms with Gasteiger partial charge >= 0.3 is 148 Å². The molecule has 1 aliphatic heterocycles. The number of hydrogen-bond donors (Lipinski definition) is 0. The van der Waals surface area contributed by atoms with Crippen LogP contribution in [0.3, 0.4) is 0 Å². The average Bonchev–Trinajstić information content (AvgIpc) is 2.08. The SMILES string of the molecule is C1CCOC1.C[Si](C)(C)CCOCn1c(I)nc2ccccc21.C[Si](C)(C)CCOCn1n[c]([Sn]([CH3])([CH3])[CH3])c2ccc([N+](=O)[O-])cc21.C[Si](C)(C)CCOCn1nc(-c2nc3ccccc3n2COCC[Si](C)(C)C)c2ccc([N+](=O)[O-])cc21. The van der Waals surface area contributed by atoms with Crippen molar-refractivity contribution in [3.05, 3.63) is 109 Å². The van der Waals surface area contributed by atoms with Gasteiger partial charge in [-0.3, -0.25) is 19.2 Å². The third-order valence-electron chi connectivity index (χ3n) is 13.8. The molecule has 0 atom stereocenters. The Balaban J connectivity index is 0.000000206. The van der Waals surface area contributed by atoms with E-state index < -0.39 is 50.7 Å². The molecule has 458 valence electrons. The summed E-state index contributed by atoms with van der Waals surface area (Å²) >= 11 is -0.160. The third-order valence-corrected chi connectivity index (χ3v) is 26.5. The minimum Gasteiger partial charge on any atom is -0.361 e. The first-order valence-electron chi connectivity index (χ1n) is 29.1. The standard InChI is InChI=1S/C26H37N5O4Si2.C13H19IN2OSi.C13H18N3O3Si.C4H8O.3CH3.Sn/c1-36(2,3)15-13-34-18-29-23-10-8-7-9-22(23)27-26(29)25-21-12-11-20(31(32)33)17-24(21)30(28-25)19-35-14-16-37(4,5)6;1-18(2,3)9-8-17-10-16-12-7-5-4-6-11(12)15-13(16)14;1-20(2,3)7-6-19-10-15-13-8-12(16(17)18)5-4-11(13)9-14-15;1-2-4-5-3-1;;;;/h7-12,17H,13-16,18-19H2,1-6H3;4-7H,8-10H2,1-3H3;4-5,8H,6-7,10H2,1-3H3;1-4H2;3*1H3;. The van der Waals surface area contributed by atoms with Crippen LogP contribution in [-0.4, -0.2) is 139 Å². The molecule has 0 radical (unpaired) electrons. The molecule has 0 spiro atoms. The zero-order valence-electron chi connectivity index (χ0n) is 52.4. The number of hydrogen-bond acceptors (Lipinski definition) is 13. The van der Waals surface area contributed by atoms with Gasteiger partial charge in [0, 0.05) is 97.4 Å². The fraction of sp³-hybridized carbons (Fsp3) is 0.525. The van der Waals surface area contributed by atoms with Gasteiger partial charge in [0.15, 0.2) is 9.66 Å². The van der Waals surface area contributed by atoms with Crippen molar-refractivity contribution in [1.82, 2.24) is 38.7 Å². The van der Waals surface area contributed by atoms with Gasteiger partial charge in [0.05, 0.1) is 32.5 Å². The van der Waals surface area contributed by atoms with Crippen LogP contribution < -0.4 is 3.71 Å². The minimum atomic E-state index is -2.42. The molecule has 0 aliphatic carbocycles. The Labute approximate surface area is 517 Å². The number of imidazole rings is 2. The molecule has 8 aromatic rings. The average molecular weight is 1440 g/mol. The van der Waals surface area contributed by atoms with Crippen LogP contribution >= 0.6 is 22.6 Å². The van der Waals surface area contributed by atoms with Gasteiger partial charge in [-0.15, -0.1) is 0 Å². The van der Waals surface area contributed by atoms with Gasteiger partial charge < -0.3 is 18.9 Å². The van der Waals surface area contributed by atoms with E-state index in [1.807, 2.05) is 53.1 Å². The van der Waals surface area contributed by atoms with Gasteiger partial charge in [-0.05, 0) is 61.3 Å². The first kappa shape index (κ1) is 68.9. The van der Waals surface area contributed by atoms with Crippen LogP contribution in [0.15, 0.2) is 84.9 Å². The van der Waals surface area contributed by atoms with Crippen molar-refractivity contribution in [3.8, 4) is 11.5 Å². The van der Waals surface area contributed by atoms with Crippen LogP contribution in [0.25, 0.3) is 55.4 Å². The van der Waals surface area contributed by atoms with E-state index in [9.17, 15) is 20.2 Å². The maximum absolute atomic E-state index is 11.5. The Kier molecular flexibility index (Phi) is 25.1. The predicted octanol–water partition coefficient (Wildman–Crippen LogP) is 15.1. The molecule has 4 aromatic heterocycles. The molecule has 5 heterocycles. The zero-order valence-corrected chi connectivity index (χ0v) is 61.4. The van der Waals surface area contributed by atoms with Gasteiger partial charge in [-0.1, -0.05) is 83.2 Å². The number of rotatable bonds is 24. The molecule has 1 saturated heterocycles. The second kappa shape index (κ2) is 30.6. The summed E-state index contributed by atoms with van der Waals surface area (Å²) in [5, 5.41) is 34.1. The van der Waals surface area contributed by atoms with Crippen LogP contribution in [0, 0.1) is 24.1 Å². The van der Waals surface area contributed by atoms with E-state index in [-0.39, 0.29) is 28.0 Å². The number of benzene rings is 4. The van der Waals surface area contributed by atoms with Crippen LogP contribution in [0.2, 0.25) is 118 Å². The number of nitrogens with zero attached hydrogens (tertiary/aromatic N) is 10. The summed E-state index contributed by atoms with van der Waals surface area (Å²) in [5.41, 5.74) is 6.22. The van der Waals surface area contributed by atoms with Crippen molar-refractivity contribution in [2.75, 3.05) is 39.6 Å². The van der Waals surface area contributed by atoms with Crippen LogP contribution in [0.5, 0.6) is 0 Å². The molecule has 84 heavy (non-hydrogen) atoms. The number of aromatic nitrogens is 8. The van der Waals surface area contributed by atoms with Gasteiger partial charge in [0.2, 0.25) is 0 Å². The van der Waals surface area contributed by atoms with Gasteiger partial charge in [0.1, 0.15) is 25.9 Å². The molecule has 19 nitrogen and oxygen atoms in total. The number of ether oxygens (including phenoxy) is 5. The van der Waals surface area contributed by atoms with Crippen molar-refractivity contribution in [1.29, 1.82) is 0 Å². The first-order chi connectivity index (χ1) is 39.4. The molecule has 4 aromatic carbocycles. The number of fused-ring (bicyclic) bond motifs is 4. The quantitative estimate of drug-likeness (QED) is 0.0182. The fourth-order valence-corrected chi connectivity index (χ4v) is 16.5. The van der Waals surface area contributed by atoms with Gasteiger partial charge in [0.25, 0.3) is 5.69 Å². The third kappa shape index (κ3) is 21.3.